The maximum absolute atomic E-state index is 12.9. The Morgan fingerprint density at radius 1 is 0.600 bits per heavy atom. The Morgan fingerprint density at radius 2 is 1.13 bits per heavy atom. The molecule has 0 aromatic rings. The predicted octanol–water partition coefficient (Wildman–Crippen LogP) is 3.22. The van der Waals surface area contributed by atoms with E-state index >= 15 is 0 Å². The summed E-state index contributed by atoms with van der Waals surface area (Å²) in [5.41, 5.74) is -1.39. The molecule has 0 atom stereocenters. The Bertz CT molecular complexity index is 517. The predicted molar refractivity (Wildman–Crippen MR) is 35.1 cm³/mol. The summed E-state index contributed by atoms with van der Waals surface area (Å²) in [6, 6.07) is -2.08. The Hall–Kier alpha value is -1.66. The van der Waals surface area contributed by atoms with Gasteiger partial charge in [0, 0.05) is 0 Å². The summed E-state index contributed by atoms with van der Waals surface area (Å²) < 4.78 is 79.7. The van der Waals surface area contributed by atoms with Crippen molar-refractivity contribution >= 4 is 0 Å². The number of hydrogen-bond acceptors (Lipinski definition) is 1. The minimum atomic E-state index is -2.13. The molecule has 2 aliphatic rings. The molecule has 0 radical (unpaired) electrons. The van der Waals surface area contributed by atoms with Gasteiger partial charge in [0.05, 0.1) is 5.56 Å². The fourth-order valence-electron chi connectivity index (χ4n) is 1.14. The molecule has 1 aliphatic carbocycles. The highest BCUT2D eigenvalue weighted by Crippen LogP contribution is 2.37. The third kappa shape index (κ3) is 1.12. The van der Waals surface area contributed by atoms with Gasteiger partial charge in [-0.1, -0.05) is 0 Å². The van der Waals surface area contributed by atoms with E-state index in [2.05, 4.69) is 4.42 Å². The van der Waals surface area contributed by atoms with Crippen LogP contribution in [-0.2, 0) is 0 Å². The molecule has 0 saturated carbocycles. The van der Waals surface area contributed by atoms with Gasteiger partial charge >= 0.3 is 6.01 Å². The van der Waals surface area contributed by atoms with Gasteiger partial charge in [0.25, 0.3) is 0 Å². The third-order valence-electron chi connectivity index (χ3n) is 1.81. The van der Waals surface area contributed by atoms with E-state index in [1.54, 1.807) is 0 Å². The van der Waals surface area contributed by atoms with Gasteiger partial charge in [-0.25, -0.2) is 13.2 Å². The topological polar surface area (TPSA) is 13.1 Å². The van der Waals surface area contributed by atoms with Crippen molar-refractivity contribution < 1.29 is 30.8 Å². The summed E-state index contributed by atoms with van der Waals surface area (Å²) in [4.78, 5) is 0. The van der Waals surface area contributed by atoms with Crippen LogP contribution in [0.15, 0.2) is 4.42 Å². The molecule has 80 valence electrons. The van der Waals surface area contributed by atoms with Gasteiger partial charge in [-0.05, 0) is 0 Å². The van der Waals surface area contributed by atoms with Crippen LogP contribution in [-0.4, -0.2) is 0 Å². The molecule has 2 rings (SSSR count). The Balaban J connectivity index is 2.97. The number of rotatable bonds is 0. The average molecular weight is 226 g/mol. The smallest absolute Gasteiger partial charge is 0.317 e. The molecule has 1 heterocycles. The van der Waals surface area contributed by atoms with Crippen molar-refractivity contribution in [1.29, 1.82) is 0 Å². The largest absolute Gasteiger partial charge is 0.425 e. The fraction of sp³-hybridized carbons (Fsp3) is 0. The van der Waals surface area contributed by atoms with Gasteiger partial charge in [-0.2, -0.15) is 13.2 Å². The van der Waals surface area contributed by atoms with Crippen LogP contribution in [0.4, 0.5) is 26.3 Å². The van der Waals surface area contributed by atoms with Crippen molar-refractivity contribution in [1.82, 2.24) is 0 Å². The quantitative estimate of drug-likeness (QED) is 0.628. The number of fused-ring (bicyclic) bond motifs is 1. The number of hydrogen-bond donors (Lipinski definition) is 0. The SMILES string of the molecule is Fc1oc2c(F)c(F)c(F)c-2c(F)c1F. The van der Waals surface area contributed by atoms with Crippen LogP contribution < -0.4 is 0 Å². The minimum absolute atomic E-state index is 1.33. The second-order valence-corrected chi connectivity index (χ2v) is 2.65. The van der Waals surface area contributed by atoms with Crippen LogP contribution in [0.3, 0.4) is 0 Å². The van der Waals surface area contributed by atoms with E-state index in [0.717, 1.165) is 0 Å². The van der Waals surface area contributed by atoms with Crippen LogP contribution in [0.1, 0.15) is 0 Å². The molecule has 7 heteroatoms. The fourth-order valence-corrected chi connectivity index (χ4v) is 1.14. The molecule has 0 spiro atoms. The van der Waals surface area contributed by atoms with Gasteiger partial charge in [0.15, 0.2) is 23.2 Å². The van der Waals surface area contributed by atoms with Crippen molar-refractivity contribution in [3.05, 3.63) is 35.1 Å². The standard InChI is InChI=1S/C8F6O/c9-2-1-3(10)6(13)8(14)15-7(1)5(12)4(2)11. The van der Waals surface area contributed by atoms with Gasteiger partial charge in [-0.15, -0.1) is 0 Å². The summed E-state index contributed by atoms with van der Waals surface area (Å²) >= 11 is 0. The first-order valence-corrected chi connectivity index (χ1v) is 3.54. The molecule has 0 aromatic heterocycles. The summed E-state index contributed by atoms with van der Waals surface area (Å²) in [5, 5.41) is 0. The van der Waals surface area contributed by atoms with Crippen LogP contribution in [0.2, 0.25) is 0 Å². The van der Waals surface area contributed by atoms with E-state index in [-0.39, 0.29) is 0 Å². The molecular weight excluding hydrogens is 226 g/mol. The van der Waals surface area contributed by atoms with Crippen LogP contribution in [0, 0.1) is 35.1 Å². The molecule has 0 saturated heterocycles. The van der Waals surface area contributed by atoms with Crippen molar-refractivity contribution in [3.63, 3.8) is 0 Å². The van der Waals surface area contributed by atoms with Gasteiger partial charge in [0.1, 0.15) is 0 Å². The molecule has 0 bridgehead atoms. The highest BCUT2D eigenvalue weighted by Gasteiger charge is 2.34. The summed E-state index contributed by atoms with van der Waals surface area (Å²) in [6.45, 7) is 0. The lowest BCUT2D eigenvalue weighted by Crippen LogP contribution is -1.96. The van der Waals surface area contributed by atoms with E-state index in [1.807, 2.05) is 0 Å². The minimum Gasteiger partial charge on any atom is -0.425 e. The molecule has 1 aliphatic heterocycles. The summed E-state index contributed by atoms with van der Waals surface area (Å²) in [7, 11) is 0. The molecule has 0 amide bonds. The maximum Gasteiger partial charge on any atom is 0.317 e. The lowest BCUT2D eigenvalue weighted by molar-refractivity contribution is 0.285. The first-order chi connectivity index (χ1) is 6.95. The van der Waals surface area contributed by atoms with Crippen molar-refractivity contribution in [2.24, 2.45) is 0 Å². The molecule has 0 N–H and O–H groups in total. The Labute approximate surface area is 78.3 Å². The first-order valence-electron chi connectivity index (χ1n) is 3.54. The van der Waals surface area contributed by atoms with E-state index in [1.165, 1.54) is 0 Å². The van der Waals surface area contributed by atoms with Crippen LogP contribution in [0.25, 0.3) is 11.3 Å². The van der Waals surface area contributed by atoms with E-state index < -0.39 is 46.4 Å². The third-order valence-corrected chi connectivity index (χ3v) is 1.81. The van der Waals surface area contributed by atoms with Crippen molar-refractivity contribution in [2.75, 3.05) is 0 Å². The van der Waals surface area contributed by atoms with Crippen LogP contribution >= 0.6 is 0 Å². The van der Waals surface area contributed by atoms with Gasteiger partial charge in [-0.3, -0.25) is 0 Å². The van der Waals surface area contributed by atoms with Crippen LogP contribution in [0.5, 0.6) is 0 Å². The normalized spacial score (nSPS) is 11.3. The molecule has 1 nitrogen and oxygen atoms in total. The van der Waals surface area contributed by atoms with Crippen molar-refractivity contribution in [3.8, 4) is 11.3 Å². The zero-order valence-electron chi connectivity index (χ0n) is 6.68. The van der Waals surface area contributed by atoms with E-state index in [9.17, 15) is 26.3 Å². The van der Waals surface area contributed by atoms with Gasteiger partial charge in [0.2, 0.25) is 11.6 Å². The highest BCUT2D eigenvalue weighted by molar-refractivity contribution is 5.63. The second kappa shape index (κ2) is 2.91. The zero-order valence-corrected chi connectivity index (χ0v) is 6.68. The van der Waals surface area contributed by atoms with E-state index in [4.69, 9.17) is 0 Å². The first kappa shape index (κ1) is 9.88. The Kier molecular flexibility index (Phi) is 1.92. The maximum atomic E-state index is 12.9. The monoisotopic (exact) mass is 226 g/mol. The molecule has 0 unspecified atom stereocenters. The average Bonchev–Trinajstić information content (AvgIpc) is 2.40. The Morgan fingerprint density at radius 3 is 1.73 bits per heavy atom. The van der Waals surface area contributed by atoms with E-state index in [0.29, 0.717) is 0 Å². The summed E-state index contributed by atoms with van der Waals surface area (Å²) in [6.07, 6.45) is 0. The highest BCUT2D eigenvalue weighted by atomic mass is 19.2. The lowest BCUT2D eigenvalue weighted by Gasteiger charge is -2.01. The zero-order chi connectivity index (χ0) is 11.3. The molecule has 0 fully saturated rings. The lowest BCUT2D eigenvalue weighted by atomic mass is 10.2. The van der Waals surface area contributed by atoms with Crippen molar-refractivity contribution in [2.45, 2.75) is 0 Å². The number of halogens is 6. The molecule has 0 aromatic carbocycles. The second-order valence-electron chi connectivity index (χ2n) is 2.65. The summed E-state index contributed by atoms with van der Waals surface area (Å²) in [5.74, 6) is -11.4. The molecule has 15 heavy (non-hydrogen) atoms. The molecular formula is C8F6O. The van der Waals surface area contributed by atoms with Gasteiger partial charge < -0.3 is 4.42 Å².